The number of nitrogens with zero attached hydrogens (tertiary/aromatic N) is 1. The van der Waals surface area contributed by atoms with Gasteiger partial charge in [0.2, 0.25) is 0 Å². The van der Waals surface area contributed by atoms with Crippen molar-refractivity contribution in [3.05, 3.63) is 33.9 Å². The van der Waals surface area contributed by atoms with Crippen LogP contribution in [0.2, 0.25) is 0 Å². The number of non-ortho nitro benzene ring substituents is 1. The SMILES string of the molecule is COc1cc([N+](=O)[O-])ccc1C(=O)NC1(CCl)CC1. The summed E-state index contributed by atoms with van der Waals surface area (Å²) in [6, 6.07) is 3.89. The number of carbonyl (C=O) groups is 1. The van der Waals surface area contributed by atoms with Gasteiger partial charge in [-0.25, -0.2) is 0 Å². The minimum absolute atomic E-state index is 0.119. The van der Waals surface area contributed by atoms with Gasteiger partial charge < -0.3 is 10.1 Å². The number of hydrogen-bond donors (Lipinski definition) is 1. The third kappa shape index (κ3) is 2.78. The van der Waals surface area contributed by atoms with E-state index in [9.17, 15) is 14.9 Å². The molecule has 1 aliphatic rings. The molecule has 2 rings (SSSR count). The fourth-order valence-corrected chi connectivity index (χ4v) is 2.07. The molecule has 0 saturated heterocycles. The number of rotatable bonds is 5. The van der Waals surface area contributed by atoms with Crippen molar-refractivity contribution in [2.24, 2.45) is 0 Å². The Hall–Kier alpha value is -1.82. The first kappa shape index (κ1) is 13.6. The Bertz CT molecular complexity index is 528. The molecule has 0 bridgehead atoms. The second-order valence-electron chi connectivity index (χ2n) is 4.51. The lowest BCUT2D eigenvalue weighted by Gasteiger charge is -2.15. The second kappa shape index (κ2) is 5.05. The molecule has 19 heavy (non-hydrogen) atoms. The van der Waals surface area contributed by atoms with Gasteiger partial charge in [0, 0.05) is 11.9 Å². The number of benzene rings is 1. The Balaban J connectivity index is 2.24. The first-order valence-electron chi connectivity index (χ1n) is 5.72. The van der Waals surface area contributed by atoms with Crippen LogP contribution in [0.25, 0.3) is 0 Å². The van der Waals surface area contributed by atoms with Gasteiger partial charge >= 0.3 is 0 Å². The van der Waals surface area contributed by atoms with Gasteiger partial charge in [0.15, 0.2) is 0 Å². The van der Waals surface area contributed by atoms with Gasteiger partial charge in [-0.15, -0.1) is 11.6 Å². The van der Waals surface area contributed by atoms with E-state index < -0.39 is 4.92 Å². The predicted octanol–water partition coefficient (Wildman–Crippen LogP) is 2.10. The number of ether oxygens (including phenoxy) is 1. The molecular weight excluding hydrogens is 272 g/mol. The van der Waals surface area contributed by atoms with Gasteiger partial charge in [-0.1, -0.05) is 0 Å². The molecule has 1 saturated carbocycles. The van der Waals surface area contributed by atoms with Crippen LogP contribution in [0.15, 0.2) is 18.2 Å². The second-order valence-corrected chi connectivity index (χ2v) is 4.78. The highest BCUT2D eigenvalue weighted by atomic mass is 35.5. The van der Waals surface area contributed by atoms with E-state index in [1.807, 2.05) is 0 Å². The number of halogens is 1. The topological polar surface area (TPSA) is 81.5 Å². The average Bonchev–Trinajstić information content (AvgIpc) is 3.18. The summed E-state index contributed by atoms with van der Waals surface area (Å²) < 4.78 is 5.03. The zero-order chi connectivity index (χ0) is 14.0. The first-order valence-corrected chi connectivity index (χ1v) is 6.26. The fourth-order valence-electron chi connectivity index (χ4n) is 1.73. The Labute approximate surface area is 114 Å². The van der Waals surface area contributed by atoms with Gasteiger partial charge in [-0.3, -0.25) is 14.9 Å². The zero-order valence-electron chi connectivity index (χ0n) is 10.3. The van der Waals surface area contributed by atoms with Crippen molar-refractivity contribution in [1.29, 1.82) is 0 Å². The van der Waals surface area contributed by atoms with Crippen LogP contribution < -0.4 is 10.1 Å². The van der Waals surface area contributed by atoms with E-state index in [0.717, 1.165) is 12.8 Å². The molecule has 0 radical (unpaired) electrons. The van der Waals surface area contributed by atoms with E-state index in [1.54, 1.807) is 0 Å². The summed E-state index contributed by atoms with van der Waals surface area (Å²) in [6.07, 6.45) is 1.69. The summed E-state index contributed by atoms with van der Waals surface area (Å²) in [5.74, 6) is 0.204. The number of nitro groups is 1. The van der Waals surface area contributed by atoms with Crippen LogP contribution in [-0.2, 0) is 0 Å². The summed E-state index contributed by atoms with van der Waals surface area (Å²) in [5.41, 5.74) is -0.179. The third-order valence-corrected chi connectivity index (χ3v) is 3.64. The highest BCUT2D eigenvalue weighted by molar-refractivity contribution is 6.19. The molecule has 0 unspecified atom stereocenters. The smallest absolute Gasteiger partial charge is 0.273 e. The van der Waals surface area contributed by atoms with Gasteiger partial charge in [0.1, 0.15) is 5.75 Å². The number of methoxy groups -OCH3 is 1. The molecule has 7 heteroatoms. The fraction of sp³-hybridized carbons (Fsp3) is 0.417. The molecule has 0 atom stereocenters. The van der Waals surface area contributed by atoms with Gasteiger partial charge in [0.25, 0.3) is 11.6 Å². The molecule has 0 aromatic heterocycles. The lowest BCUT2D eigenvalue weighted by molar-refractivity contribution is -0.384. The van der Waals surface area contributed by atoms with Crippen LogP contribution in [0.1, 0.15) is 23.2 Å². The molecule has 0 aliphatic heterocycles. The molecule has 1 aromatic carbocycles. The molecule has 1 aromatic rings. The number of carbonyl (C=O) groups excluding carboxylic acids is 1. The maximum Gasteiger partial charge on any atom is 0.273 e. The Morgan fingerprint density at radius 3 is 2.74 bits per heavy atom. The summed E-state index contributed by atoms with van der Waals surface area (Å²) in [5, 5.41) is 13.5. The van der Waals surface area contributed by atoms with Crippen molar-refractivity contribution in [2.45, 2.75) is 18.4 Å². The Morgan fingerprint density at radius 2 is 2.26 bits per heavy atom. The van der Waals surface area contributed by atoms with Gasteiger partial charge in [-0.2, -0.15) is 0 Å². The zero-order valence-corrected chi connectivity index (χ0v) is 11.1. The van der Waals surface area contributed by atoms with E-state index >= 15 is 0 Å². The lowest BCUT2D eigenvalue weighted by atomic mass is 10.1. The number of nitrogens with one attached hydrogen (secondary N) is 1. The van der Waals surface area contributed by atoms with E-state index in [1.165, 1.54) is 25.3 Å². The lowest BCUT2D eigenvalue weighted by Crippen LogP contribution is -2.38. The maximum atomic E-state index is 12.1. The average molecular weight is 285 g/mol. The monoisotopic (exact) mass is 284 g/mol. The van der Waals surface area contributed by atoms with E-state index in [0.29, 0.717) is 5.88 Å². The molecule has 1 aliphatic carbocycles. The highest BCUT2D eigenvalue weighted by Crippen LogP contribution is 2.37. The molecule has 1 amide bonds. The minimum atomic E-state index is -0.536. The normalized spacial score (nSPS) is 15.7. The molecule has 6 nitrogen and oxygen atoms in total. The Kier molecular flexibility index (Phi) is 3.61. The van der Waals surface area contributed by atoms with Gasteiger partial charge in [0.05, 0.1) is 29.2 Å². The van der Waals surface area contributed by atoms with Crippen LogP contribution in [0.3, 0.4) is 0 Å². The number of hydrogen-bond acceptors (Lipinski definition) is 4. The molecule has 1 fully saturated rings. The van der Waals surface area contributed by atoms with Crippen LogP contribution in [0.4, 0.5) is 5.69 Å². The number of amides is 1. The van der Waals surface area contributed by atoms with Crippen LogP contribution in [0.5, 0.6) is 5.75 Å². The molecule has 0 heterocycles. The maximum absolute atomic E-state index is 12.1. The highest BCUT2D eigenvalue weighted by Gasteiger charge is 2.43. The van der Waals surface area contributed by atoms with Crippen molar-refractivity contribution in [3.8, 4) is 5.75 Å². The van der Waals surface area contributed by atoms with E-state index in [4.69, 9.17) is 16.3 Å². The van der Waals surface area contributed by atoms with E-state index in [-0.39, 0.29) is 28.4 Å². The number of nitro benzene ring substituents is 1. The van der Waals surface area contributed by atoms with Crippen molar-refractivity contribution in [3.63, 3.8) is 0 Å². The summed E-state index contributed by atoms with van der Waals surface area (Å²) >= 11 is 5.79. The van der Waals surface area contributed by atoms with Crippen molar-refractivity contribution in [2.75, 3.05) is 13.0 Å². The molecule has 0 spiro atoms. The Morgan fingerprint density at radius 1 is 1.58 bits per heavy atom. The quantitative estimate of drug-likeness (QED) is 0.510. The van der Waals surface area contributed by atoms with Crippen molar-refractivity contribution < 1.29 is 14.5 Å². The van der Waals surface area contributed by atoms with Crippen molar-refractivity contribution >= 4 is 23.2 Å². The van der Waals surface area contributed by atoms with E-state index in [2.05, 4.69) is 5.32 Å². The standard InChI is InChI=1S/C12H13ClN2O4/c1-19-10-6-8(15(17)18)2-3-9(10)11(16)14-12(7-13)4-5-12/h2-3,6H,4-5,7H2,1H3,(H,14,16). The van der Waals surface area contributed by atoms with Crippen LogP contribution in [-0.4, -0.2) is 29.4 Å². The van der Waals surface area contributed by atoms with Crippen LogP contribution >= 0.6 is 11.6 Å². The number of alkyl halides is 1. The molecular formula is C12H13ClN2O4. The predicted molar refractivity (Wildman–Crippen MR) is 69.8 cm³/mol. The largest absolute Gasteiger partial charge is 0.496 e. The molecule has 1 N–H and O–H groups in total. The van der Waals surface area contributed by atoms with Crippen LogP contribution in [0, 0.1) is 10.1 Å². The summed E-state index contributed by atoms with van der Waals surface area (Å²) in [6.45, 7) is 0. The minimum Gasteiger partial charge on any atom is -0.496 e. The van der Waals surface area contributed by atoms with Crippen molar-refractivity contribution in [1.82, 2.24) is 5.32 Å². The molecule has 102 valence electrons. The summed E-state index contributed by atoms with van der Waals surface area (Å²) in [7, 11) is 1.37. The first-order chi connectivity index (χ1) is 9.01. The summed E-state index contributed by atoms with van der Waals surface area (Å²) in [4.78, 5) is 22.2. The third-order valence-electron chi connectivity index (χ3n) is 3.13. The van der Waals surface area contributed by atoms with Gasteiger partial charge in [-0.05, 0) is 18.9 Å².